The second-order valence-corrected chi connectivity index (χ2v) is 4.61. The Hall–Kier alpha value is -2.04. The molecular formula is C16H24N2O3. The van der Waals surface area contributed by atoms with Crippen LogP contribution in [0, 0.1) is 0 Å². The number of benzene rings is 1. The number of ether oxygens (including phenoxy) is 1. The molecule has 1 N–H and O–H groups in total. The number of anilines is 1. The number of nitrogens with one attached hydrogen (secondary N) is 1. The number of likely N-dealkylation sites (N-methyl/N-ethyl adjacent to an activating group) is 1. The van der Waals surface area contributed by atoms with E-state index in [-0.39, 0.29) is 11.9 Å². The van der Waals surface area contributed by atoms with Gasteiger partial charge in [0.15, 0.2) is 0 Å². The van der Waals surface area contributed by atoms with Gasteiger partial charge < -0.3 is 15.0 Å². The minimum absolute atomic E-state index is 0.0374. The SMILES string of the molecule is CCOC(=O)CCCNC(=O)CN(CC)c1ccccc1. The lowest BCUT2D eigenvalue weighted by Crippen LogP contribution is -2.37. The van der Waals surface area contributed by atoms with E-state index in [9.17, 15) is 9.59 Å². The molecule has 0 unspecified atom stereocenters. The van der Waals surface area contributed by atoms with Gasteiger partial charge in [-0.2, -0.15) is 0 Å². The van der Waals surface area contributed by atoms with Crippen LogP contribution in [-0.4, -0.2) is 38.1 Å². The van der Waals surface area contributed by atoms with Crippen LogP contribution in [0.4, 0.5) is 5.69 Å². The van der Waals surface area contributed by atoms with Crippen molar-refractivity contribution in [2.24, 2.45) is 0 Å². The molecule has 0 aliphatic rings. The van der Waals surface area contributed by atoms with Gasteiger partial charge in [-0.05, 0) is 32.4 Å². The monoisotopic (exact) mass is 292 g/mol. The lowest BCUT2D eigenvalue weighted by atomic mass is 10.3. The third-order valence-corrected chi connectivity index (χ3v) is 3.02. The molecule has 5 heteroatoms. The van der Waals surface area contributed by atoms with Crippen LogP contribution in [-0.2, 0) is 14.3 Å². The summed E-state index contributed by atoms with van der Waals surface area (Å²) in [4.78, 5) is 25.0. The number of carbonyl (C=O) groups is 2. The number of nitrogens with zero attached hydrogens (tertiary/aromatic N) is 1. The number of carbonyl (C=O) groups excluding carboxylic acids is 2. The first-order chi connectivity index (χ1) is 10.2. The fraction of sp³-hybridized carbons (Fsp3) is 0.500. The van der Waals surface area contributed by atoms with Gasteiger partial charge in [-0.25, -0.2) is 0 Å². The maximum Gasteiger partial charge on any atom is 0.305 e. The summed E-state index contributed by atoms with van der Waals surface area (Å²) in [7, 11) is 0. The lowest BCUT2D eigenvalue weighted by Gasteiger charge is -2.22. The highest BCUT2D eigenvalue weighted by molar-refractivity contribution is 5.81. The number of rotatable bonds is 9. The molecule has 0 aromatic heterocycles. The Labute approximate surface area is 126 Å². The number of esters is 1. The minimum Gasteiger partial charge on any atom is -0.466 e. The molecule has 0 aliphatic heterocycles. The molecule has 0 saturated carbocycles. The summed E-state index contributed by atoms with van der Waals surface area (Å²) >= 11 is 0. The van der Waals surface area contributed by atoms with Crippen molar-refractivity contribution in [3.63, 3.8) is 0 Å². The smallest absolute Gasteiger partial charge is 0.305 e. The Morgan fingerprint density at radius 1 is 1.19 bits per heavy atom. The molecule has 5 nitrogen and oxygen atoms in total. The van der Waals surface area contributed by atoms with Gasteiger partial charge in [-0.15, -0.1) is 0 Å². The summed E-state index contributed by atoms with van der Waals surface area (Å²) < 4.78 is 4.83. The Morgan fingerprint density at radius 3 is 2.52 bits per heavy atom. The average Bonchev–Trinajstić information content (AvgIpc) is 2.50. The van der Waals surface area contributed by atoms with Crippen molar-refractivity contribution >= 4 is 17.6 Å². The molecule has 1 amide bonds. The third kappa shape index (κ3) is 6.79. The van der Waals surface area contributed by atoms with Crippen molar-refractivity contribution in [1.29, 1.82) is 0 Å². The van der Waals surface area contributed by atoms with E-state index in [1.54, 1.807) is 6.92 Å². The second kappa shape index (κ2) is 9.80. The van der Waals surface area contributed by atoms with E-state index in [1.165, 1.54) is 0 Å². The Balaban J connectivity index is 2.28. The highest BCUT2D eigenvalue weighted by Crippen LogP contribution is 2.11. The zero-order valence-electron chi connectivity index (χ0n) is 12.8. The molecule has 1 aromatic rings. The van der Waals surface area contributed by atoms with Gasteiger partial charge in [0, 0.05) is 25.2 Å². The van der Waals surface area contributed by atoms with Crippen LogP contribution < -0.4 is 10.2 Å². The van der Waals surface area contributed by atoms with Crippen molar-refractivity contribution < 1.29 is 14.3 Å². The number of hydrogen-bond donors (Lipinski definition) is 1. The van der Waals surface area contributed by atoms with E-state index in [0.29, 0.717) is 32.5 Å². The van der Waals surface area contributed by atoms with Gasteiger partial charge in [0.25, 0.3) is 0 Å². The number of para-hydroxylation sites is 1. The molecule has 0 fully saturated rings. The fourth-order valence-corrected chi connectivity index (χ4v) is 1.95. The number of amides is 1. The highest BCUT2D eigenvalue weighted by Gasteiger charge is 2.09. The molecule has 116 valence electrons. The first-order valence-corrected chi connectivity index (χ1v) is 7.39. The van der Waals surface area contributed by atoms with Gasteiger partial charge in [-0.3, -0.25) is 9.59 Å². The van der Waals surface area contributed by atoms with Crippen LogP contribution >= 0.6 is 0 Å². The Bertz CT molecular complexity index is 434. The van der Waals surface area contributed by atoms with Gasteiger partial charge in [0.1, 0.15) is 0 Å². The summed E-state index contributed by atoms with van der Waals surface area (Å²) in [6, 6.07) is 9.83. The van der Waals surface area contributed by atoms with Crippen molar-refractivity contribution in [2.75, 3.05) is 31.1 Å². The zero-order chi connectivity index (χ0) is 15.5. The van der Waals surface area contributed by atoms with E-state index in [4.69, 9.17) is 4.74 Å². The van der Waals surface area contributed by atoms with E-state index < -0.39 is 0 Å². The topological polar surface area (TPSA) is 58.6 Å². The van der Waals surface area contributed by atoms with Crippen molar-refractivity contribution in [3.05, 3.63) is 30.3 Å². The molecule has 0 heterocycles. The van der Waals surface area contributed by atoms with Crippen molar-refractivity contribution in [2.45, 2.75) is 26.7 Å². The van der Waals surface area contributed by atoms with E-state index in [0.717, 1.165) is 12.2 Å². The van der Waals surface area contributed by atoms with Crippen LogP contribution in [0.25, 0.3) is 0 Å². The third-order valence-electron chi connectivity index (χ3n) is 3.02. The maximum absolute atomic E-state index is 11.9. The van der Waals surface area contributed by atoms with Crippen LogP contribution in [0.1, 0.15) is 26.7 Å². The molecule has 1 aromatic carbocycles. The Kier molecular flexibility index (Phi) is 7.94. The lowest BCUT2D eigenvalue weighted by molar-refractivity contribution is -0.143. The molecule has 0 spiro atoms. The van der Waals surface area contributed by atoms with Gasteiger partial charge >= 0.3 is 5.97 Å². The summed E-state index contributed by atoms with van der Waals surface area (Å²) in [5, 5.41) is 2.83. The molecule has 0 atom stereocenters. The van der Waals surface area contributed by atoms with Crippen molar-refractivity contribution in [1.82, 2.24) is 5.32 Å². The average molecular weight is 292 g/mol. The largest absolute Gasteiger partial charge is 0.466 e. The maximum atomic E-state index is 11.9. The molecule has 0 bridgehead atoms. The minimum atomic E-state index is -0.216. The van der Waals surface area contributed by atoms with Gasteiger partial charge in [-0.1, -0.05) is 18.2 Å². The van der Waals surface area contributed by atoms with Gasteiger partial charge in [0.05, 0.1) is 13.2 Å². The quantitative estimate of drug-likeness (QED) is 0.558. The van der Waals surface area contributed by atoms with Crippen LogP contribution in [0.15, 0.2) is 30.3 Å². The van der Waals surface area contributed by atoms with E-state index >= 15 is 0 Å². The van der Waals surface area contributed by atoms with Crippen LogP contribution in [0.3, 0.4) is 0 Å². The number of hydrogen-bond acceptors (Lipinski definition) is 4. The molecule has 1 rings (SSSR count). The zero-order valence-corrected chi connectivity index (χ0v) is 12.8. The normalized spacial score (nSPS) is 10.0. The molecule has 0 saturated heterocycles. The Morgan fingerprint density at radius 2 is 1.90 bits per heavy atom. The highest BCUT2D eigenvalue weighted by atomic mass is 16.5. The molecule has 0 radical (unpaired) electrons. The second-order valence-electron chi connectivity index (χ2n) is 4.61. The van der Waals surface area contributed by atoms with E-state index in [1.807, 2.05) is 42.2 Å². The summed E-state index contributed by atoms with van der Waals surface area (Å²) in [5.74, 6) is -0.254. The molecule has 21 heavy (non-hydrogen) atoms. The molecule has 0 aliphatic carbocycles. The summed E-state index contributed by atoms with van der Waals surface area (Å²) in [6.07, 6.45) is 0.937. The molecular weight excluding hydrogens is 268 g/mol. The first-order valence-electron chi connectivity index (χ1n) is 7.39. The predicted octanol–water partition coefficient (Wildman–Crippen LogP) is 1.97. The fourth-order valence-electron chi connectivity index (χ4n) is 1.95. The predicted molar refractivity (Wildman–Crippen MR) is 83.2 cm³/mol. The van der Waals surface area contributed by atoms with Crippen molar-refractivity contribution in [3.8, 4) is 0 Å². The van der Waals surface area contributed by atoms with Crippen LogP contribution in [0.2, 0.25) is 0 Å². The first kappa shape index (κ1) is 17.0. The summed E-state index contributed by atoms with van der Waals surface area (Å²) in [6.45, 7) is 5.77. The van der Waals surface area contributed by atoms with Crippen LogP contribution in [0.5, 0.6) is 0 Å². The summed E-state index contributed by atoms with van der Waals surface area (Å²) in [5.41, 5.74) is 1.03. The standard InChI is InChI=1S/C16H24N2O3/c1-3-18(14-9-6-5-7-10-14)13-15(19)17-12-8-11-16(20)21-4-2/h5-7,9-10H,3-4,8,11-13H2,1-2H3,(H,17,19). The van der Waals surface area contributed by atoms with Gasteiger partial charge in [0.2, 0.25) is 5.91 Å². The van der Waals surface area contributed by atoms with E-state index in [2.05, 4.69) is 5.32 Å².